The second-order valence-corrected chi connectivity index (χ2v) is 18.9. The Bertz CT molecular complexity index is 1790. The first kappa shape index (κ1) is 47.9. The summed E-state index contributed by atoms with van der Waals surface area (Å²) in [4.78, 5) is 54.1. The lowest BCUT2D eigenvalue weighted by atomic mass is 9.72. The Morgan fingerprint density at radius 2 is 1.82 bits per heavy atom. The number of aliphatic hydroxyl groups is 1. The van der Waals surface area contributed by atoms with E-state index in [9.17, 15) is 19.5 Å². The van der Waals surface area contributed by atoms with Crippen LogP contribution < -0.4 is 5.73 Å². The molecule has 5 rings (SSSR count). The molecule has 0 spiro atoms. The number of carbonyl (C=O) groups excluding carboxylic acids is 3. The zero-order valence-corrected chi connectivity index (χ0v) is 38.1. The van der Waals surface area contributed by atoms with Gasteiger partial charge >= 0.3 is 12.1 Å². The lowest BCUT2D eigenvalue weighted by Crippen LogP contribution is -2.64. The number of hydrazine groups is 1. The number of aliphatic hydroxyl groups excluding tert-OH is 1. The number of methoxy groups -OCH3 is 1. The Morgan fingerprint density at radius 3 is 2.43 bits per heavy atom. The summed E-state index contributed by atoms with van der Waals surface area (Å²) in [5.41, 5.74) is 2.17. The maximum absolute atomic E-state index is 16.9. The number of rotatable bonds is 11. The van der Waals surface area contributed by atoms with Gasteiger partial charge in [0.25, 0.3) is 5.67 Å². The van der Waals surface area contributed by atoms with Gasteiger partial charge in [-0.15, -0.1) is 11.3 Å². The highest BCUT2D eigenvalue weighted by molar-refractivity contribution is 7.15. The van der Waals surface area contributed by atoms with E-state index in [0.29, 0.717) is 32.4 Å². The molecule has 0 bridgehead atoms. The summed E-state index contributed by atoms with van der Waals surface area (Å²) >= 11 is 1.59. The van der Waals surface area contributed by atoms with Crippen LogP contribution in [0, 0.1) is 17.8 Å². The number of hydrogen-bond acceptors (Lipinski definition) is 15. The van der Waals surface area contributed by atoms with Crippen LogP contribution in [0.2, 0.25) is 0 Å². The van der Waals surface area contributed by atoms with E-state index in [1.54, 1.807) is 42.6 Å². The number of esters is 1. The van der Waals surface area contributed by atoms with Crippen molar-refractivity contribution in [2.45, 2.75) is 154 Å². The number of alkyl halides is 1. The van der Waals surface area contributed by atoms with E-state index >= 15 is 4.39 Å². The third kappa shape index (κ3) is 9.58. The molecule has 60 heavy (non-hydrogen) atoms. The average Bonchev–Trinajstić information content (AvgIpc) is 3.79. The van der Waals surface area contributed by atoms with Crippen molar-refractivity contribution in [2.24, 2.45) is 23.5 Å². The van der Waals surface area contributed by atoms with E-state index in [1.807, 2.05) is 70.0 Å². The minimum absolute atomic E-state index is 0.210. The summed E-state index contributed by atoms with van der Waals surface area (Å²) in [6.07, 6.45) is 1.78. The number of nitrogens with two attached hydrogens (primary N) is 1. The summed E-state index contributed by atoms with van der Waals surface area (Å²) in [5.74, 6) is -4.66. The average molecular weight is 863 g/mol. The van der Waals surface area contributed by atoms with Gasteiger partial charge in [0, 0.05) is 67.2 Å². The molecule has 3 N–H and O–H groups in total. The van der Waals surface area contributed by atoms with Crippen LogP contribution in [0.25, 0.3) is 10.6 Å². The van der Waals surface area contributed by atoms with Crippen LogP contribution in [0.4, 0.5) is 9.18 Å². The quantitative estimate of drug-likeness (QED) is 0.227. The molecule has 2 aromatic heterocycles. The number of aromatic nitrogens is 2. The molecule has 3 aliphatic heterocycles. The lowest BCUT2D eigenvalue weighted by Gasteiger charge is -2.48. The lowest BCUT2D eigenvalue weighted by molar-refractivity contribution is -0.296. The molecule has 3 fully saturated rings. The molecule has 14 atom stereocenters. The molecule has 3 saturated heterocycles. The van der Waals surface area contributed by atoms with E-state index in [2.05, 4.69) is 9.97 Å². The number of aryl methyl sites for hydroxylation is 1. The summed E-state index contributed by atoms with van der Waals surface area (Å²) in [6.45, 7) is 15.9. The van der Waals surface area contributed by atoms with Crippen molar-refractivity contribution in [3.8, 4) is 10.6 Å². The van der Waals surface area contributed by atoms with Crippen molar-refractivity contribution in [1.82, 2.24) is 24.9 Å². The molecule has 5 heterocycles. The summed E-state index contributed by atoms with van der Waals surface area (Å²) < 4.78 is 47.8. The maximum Gasteiger partial charge on any atom is 0.425 e. The normalized spacial score (nSPS) is 38.5. The topological polar surface area (TPSA) is 179 Å². The predicted molar refractivity (Wildman–Crippen MR) is 224 cm³/mol. The Kier molecular flexibility index (Phi) is 15.2. The fourth-order valence-corrected chi connectivity index (χ4v) is 10.3. The number of nitrogens with zero attached hydrogens (tertiary/aromatic N) is 5. The summed E-state index contributed by atoms with van der Waals surface area (Å²) in [6, 6.07) is 2.11. The molecule has 17 heteroatoms. The monoisotopic (exact) mass is 862 g/mol. The number of ketones is 1. The van der Waals surface area contributed by atoms with E-state index in [1.165, 1.54) is 21.0 Å². The van der Waals surface area contributed by atoms with Crippen LogP contribution >= 0.6 is 11.3 Å². The van der Waals surface area contributed by atoms with Gasteiger partial charge in [-0.2, -0.15) is 0 Å². The minimum Gasteiger partial charge on any atom is -0.456 e. The molecule has 0 aliphatic carbocycles. The molecule has 2 aromatic rings. The highest BCUT2D eigenvalue weighted by Gasteiger charge is 2.62. The van der Waals surface area contributed by atoms with E-state index < -0.39 is 83.2 Å². The van der Waals surface area contributed by atoms with Crippen molar-refractivity contribution in [3.63, 3.8) is 0 Å². The first-order chi connectivity index (χ1) is 28.1. The van der Waals surface area contributed by atoms with Crippen molar-refractivity contribution in [1.29, 1.82) is 0 Å². The van der Waals surface area contributed by atoms with Crippen LogP contribution in [0.1, 0.15) is 86.5 Å². The molecular formula is C43H67FN6O9S. The molecule has 1 amide bonds. The molecule has 0 radical (unpaired) electrons. The number of halogens is 1. The maximum atomic E-state index is 16.9. The minimum atomic E-state index is -3.15. The Labute approximate surface area is 358 Å². The largest absolute Gasteiger partial charge is 0.456 e. The Hall–Kier alpha value is -3.16. The number of thiazole rings is 1. The standard InChI is InChI=1S/C43H67FN6O9S/c1-13-49(19-15-17-30-23-47-37(60-30)29-16-14-18-46-22-29)50-34-26(4)32(45)24(2)21-41(7,55-12)36(58-38-33(51)31(48(10)11)20-25(3)56-38)27(5)35(52)42(8,44)39(53)57-28(6)43(34,9)59-40(50)54/h14,16,18,22-28,31-34,36,38,51H,13,15,17,19-21,45H2,1-12H3/t24-,25-,26+,27+,28-,31+,32?,33-,34-,36-,38+,41+,42?,43-/m1/s1. The van der Waals surface area contributed by atoms with Crippen molar-refractivity contribution in [2.75, 3.05) is 34.3 Å². The third-order valence-corrected chi connectivity index (χ3v) is 14.3. The number of ether oxygens (including phenoxy) is 5. The van der Waals surface area contributed by atoms with Gasteiger partial charge in [0.2, 0.25) is 0 Å². The zero-order chi connectivity index (χ0) is 44.5. The number of amides is 1. The van der Waals surface area contributed by atoms with E-state index in [0.717, 1.165) is 22.4 Å². The van der Waals surface area contributed by atoms with Crippen LogP contribution in [0.5, 0.6) is 0 Å². The third-order valence-electron chi connectivity index (χ3n) is 13.2. The van der Waals surface area contributed by atoms with Crippen molar-refractivity contribution in [3.05, 3.63) is 35.6 Å². The number of hydrogen-bond donors (Lipinski definition) is 2. The number of Topliss-reactive ketones (excluding diaryl/α,β-unsaturated/α-hetero) is 1. The second-order valence-electron chi connectivity index (χ2n) is 17.8. The molecule has 336 valence electrons. The first-order valence-electron chi connectivity index (χ1n) is 21.1. The summed E-state index contributed by atoms with van der Waals surface area (Å²) in [7, 11) is 5.16. The van der Waals surface area contributed by atoms with Gasteiger partial charge in [-0.1, -0.05) is 27.7 Å². The van der Waals surface area contributed by atoms with Gasteiger partial charge in [-0.05, 0) is 98.4 Å². The molecule has 0 saturated carbocycles. The van der Waals surface area contributed by atoms with Gasteiger partial charge in [-0.25, -0.2) is 29.0 Å². The molecule has 3 aliphatic rings. The number of fused-ring (bicyclic) bond motifs is 1. The van der Waals surface area contributed by atoms with Gasteiger partial charge in [0.1, 0.15) is 17.2 Å². The second kappa shape index (κ2) is 19.1. The zero-order valence-electron chi connectivity index (χ0n) is 37.3. The van der Waals surface area contributed by atoms with Gasteiger partial charge in [0.05, 0.1) is 23.9 Å². The van der Waals surface area contributed by atoms with E-state index in [4.69, 9.17) is 29.4 Å². The fraction of sp³-hybridized carbons (Fsp3) is 0.744. The van der Waals surface area contributed by atoms with Crippen molar-refractivity contribution < 1.29 is 47.6 Å². The SMILES string of the molecule is CCN(CCCc1cnc(-c2cccnc2)s1)N1C(=O)O[C@]2(C)[C@@H](C)OC(=O)C(C)(F)C(=O)[C@H](C)[C@@H](O[C@@H]3O[C@H](C)C[C@H](N(C)C)[C@H]3O)[C@@](C)(OC)C[C@@H](C)C(N)[C@H](C)[C@@H]12. The highest BCUT2D eigenvalue weighted by Crippen LogP contribution is 2.44. The first-order valence-corrected chi connectivity index (χ1v) is 21.9. The fourth-order valence-electron chi connectivity index (χ4n) is 9.37. The van der Waals surface area contributed by atoms with E-state index in [-0.39, 0.29) is 24.5 Å². The Morgan fingerprint density at radius 1 is 1.12 bits per heavy atom. The molecular weight excluding hydrogens is 796 g/mol. The highest BCUT2D eigenvalue weighted by atomic mass is 32.1. The van der Waals surface area contributed by atoms with Gasteiger partial charge < -0.3 is 39.4 Å². The van der Waals surface area contributed by atoms with Crippen LogP contribution in [-0.2, 0) is 39.7 Å². The number of cyclic esters (lactones) is 1. The van der Waals surface area contributed by atoms with Crippen LogP contribution in [-0.4, -0.2) is 148 Å². The number of likely N-dealkylation sites (N-methyl/N-ethyl adjacent to an activating group) is 1. The van der Waals surface area contributed by atoms with Crippen LogP contribution in [0.3, 0.4) is 0 Å². The van der Waals surface area contributed by atoms with Gasteiger partial charge in [0.15, 0.2) is 17.7 Å². The van der Waals surface area contributed by atoms with Gasteiger partial charge in [-0.3, -0.25) is 9.78 Å². The summed E-state index contributed by atoms with van der Waals surface area (Å²) in [5, 5.41) is 15.8. The molecule has 0 aromatic carbocycles. The predicted octanol–water partition coefficient (Wildman–Crippen LogP) is 5.04. The number of carbonyl (C=O) groups is 3. The molecule has 15 nitrogen and oxygen atoms in total. The van der Waals surface area contributed by atoms with Crippen molar-refractivity contribution >= 4 is 29.2 Å². The number of pyridine rings is 1. The smallest absolute Gasteiger partial charge is 0.425 e. The Balaban J connectivity index is 1.48. The van der Waals surface area contributed by atoms with Crippen LogP contribution in [0.15, 0.2) is 30.7 Å². The molecule has 2 unspecified atom stereocenters.